The summed E-state index contributed by atoms with van der Waals surface area (Å²) in [4.78, 5) is 26.4. The summed E-state index contributed by atoms with van der Waals surface area (Å²) >= 11 is 7.08. The number of rotatable bonds is 5. The van der Waals surface area contributed by atoms with Gasteiger partial charge in [-0.25, -0.2) is 0 Å². The van der Waals surface area contributed by atoms with E-state index in [1.54, 1.807) is 12.1 Å². The molecule has 11 heteroatoms. The number of alkyl halides is 3. The quantitative estimate of drug-likeness (QED) is 0.245. The molecule has 2 aromatic rings. The number of hydrogen-bond acceptors (Lipinski definition) is 5. The van der Waals surface area contributed by atoms with E-state index in [2.05, 4.69) is 5.32 Å². The Hall–Kier alpha value is -2.67. The lowest BCUT2D eigenvalue weighted by Crippen LogP contribution is -2.54. The van der Waals surface area contributed by atoms with Crippen molar-refractivity contribution in [3.63, 3.8) is 0 Å². The molecule has 0 radical (unpaired) electrons. The molecule has 0 bridgehead atoms. The first-order valence-electron chi connectivity index (χ1n) is 9.15. The molecule has 0 spiro atoms. The van der Waals surface area contributed by atoms with Crippen LogP contribution in [-0.2, 0) is 15.8 Å². The van der Waals surface area contributed by atoms with Crippen molar-refractivity contribution in [3.8, 4) is 11.5 Å². The Morgan fingerprint density at radius 2 is 1.94 bits per heavy atom. The fraction of sp³-hybridized carbons (Fsp3) is 0.190. The van der Waals surface area contributed by atoms with Crippen LogP contribution in [0.5, 0.6) is 11.5 Å². The van der Waals surface area contributed by atoms with Gasteiger partial charge >= 0.3 is 6.18 Å². The zero-order valence-corrected chi connectivity index (χ0v) is 19.7. The Balaban J connectivity index is 2.04. The highest BCUT2D eigenvalue weighted by atomic mass is 127. The summed E-state index contributed by atoms with van der Waals surface area (Å²) < 4.78 is 50.9. The van der Waals surface area contributed by atoms with Crippen LogP contribution in [0, 0.1) is 3.57 Å². The maximum Gasteiger partial charge on any atom is 0.416 e. The molecule has 1 aliphatic rings. The van der Waals surface area contributed by atoms with Crippen molar-refractivity contribution in [3.05, 3.63) is 56.7 Å². The van der Waals surface area contributed by atoms with Crippen molar-refractivity contribution >= 4 is 63.5 Å². The van der Waals surface area contributed by atoms with Gasteiger partial charge in [0.1, 0.15) is 5.57 Å². The summed E-state index contributed by atoms with van der Waals surface area (Å²) in [6, 6.07) is 7.41. The van der Waals surface area contributed by atoms with Gasteiger partial charge in [-0.05, 0) is 83.7 Å². The van der Waals surface area contributed by atoms with Crippen LogP contribution in [0.15, 0.2) is 42.0 Å². The summed E-state index contributed by atoms with van der Waals surface area (Å²) in [7, 11) is 1.46. The highest BCUT2D eigenvalue weighted by Crippen LogP contribution is 2.35. The van der Waals surface area contributed by atoms with Gasteiger partial charge in [0, 0.05) is 0 Å². The van der Waals surface area contributed by atoms with Crippen molar-refractivity contribution in [1.29, 1.82) is 0 Å². The molecule has 0 atom stereocenters. The van der Waals surface area contributed by atoms with Crippen molar-refractivity contribution in [2.75, 3.05) is 18.6 Å². The Labute approximate surface area is 200 Å². The number of carbonyl (C=O) groups excluding carboxylic acids is 2. The number of halogens is 4. The van der Waals surface area contributed by atoms with E-state index in [1.165, 1.54) is 19.3 Å². The third kappa shape index (κ3) is 4.88. The zero-order chi connectivity index (χ0) is 23.6. The largest absolute Gasteiger partial charge is 0.493 e. The molecule has 0 saturated carbocycles. The maximum absolute atomic E-state index is 13.1. The SMILES string of the molecule is CCOc1c(I)cc(/C=C2/C(=O)NC(=S)N(c3cccc(C(F)(F)F)c3)C2=O)cc1OC. The molecule has 1 aliphatic heterocycles. The van der Waals surface area contributed by atoms with Crippen molar-refractivity contribution in [2.45, 2.75) is 13.1 Å². The number of thiocarbonyl (C=S) groups is 1. The minimum Gasteiger partial charge on any atom is -0.493 e. The smallest absolute Gasteiger partial charge is 0.416 e. The zero-order valence-electron chi connectivity index (χ0n) is 16.7. The maximum atomic E-state index is 13.1. The average molecular weight is 576 g/mol. The van der Waals surface area contributed by atoms with Gasteiger partial charge in [0.15, 0.2) is 16.6 Å². The number of methoxy groups -OCH3 is 1. The van der Waals surface area contributed by atoms with E-state index in [4.69, 9.17) is 21.7 Å². The van der Waals surface area contributed by atoms with E-state index in [-0.39, 0.29) is 16.4 Å². The van der Waals surface area contributed by atoms with Gasteiger partial charge in [0.2, 0.25) is 0 Å². The number of hydrogen-bond donors (Lipinski definition) is 1. The molecule has 1 N–H and O–H groups in total. The number of ether oxygens (including phenoxy) is 2. The monoisotopic (exact) mass is 576 g/mol. The van der Waals surface area contributed by atoms with E-state index in [0.717, 1.165) is 23.1 Å². The predicted octanol–water partition coefficient (Wildman–Crippen LogP) is 4.55. The predicted molar refractivity (Wildman–Crippen MR) is 125 cm³/mol. The molecular formula is C21H16F3IN2O4S. The van der Waals surface area contributed by atoms with Gasteiger partial charge in [-0.1, -0.05) is 6.07 Å². The number of nitrogens with one attached hydrogen (secondary N) is 1. The summed E-state index contributed by atoms with van der Waals surface area (Å²) in [5.41, 5.74) is -0.888. The van der Waals surface area contributed by atoms with Crippen LogP contribution < -0.4 is 19.7 Å². The Bertz CT molecular complexity index is 1130. The molecule has 2 aromatic carbocycles. The third-order valence-corrected chi connectivity index (χ3v) is 5.47. The Morgan fingerprint density at radius 1 is 1.22 bits per heavy atom. The summed E-state index contributed by atoms with van der Waals surface area (Å²) in [6.07, 6.45) is -3.28. The first kappa shape index (κ1) is 24.0. The first-order valence-corrected chi connectivity index (χ1v) is 10.6. The summed E-state index contributed by atoms with van der Waals surface area (Å²) in [5.74, 6) is -0.685. The van der Waals surface area contributed by atoms with E-state index in [0.29, 0.717) is 27.2 Å². The standard InChI is InChI=1S/C21H16F3IN2O4S/c1-3-31-17-15(25)8-11(9-16(17)30-2)7-14-18(28)26-20(32)27(19(14)29)13-6-4-5-12(10-13)21(22,23)24/h4-10H,3H2,1-2H3,(H,26,28,32)/b14-7-. The van der Waals surface area contributed by atoms with Crippen molar-refractivity contribution in [2.24, 2.45) is 0 Å². The summed E-state index contributed by atoms with van der Waals surface area (Å²) in [6.45, 7) is 2.23. The molecule has 0 unspecified atom stereocenters. The first-order chi connectivity index (χ1) is 15.1. The van der Waals surface area contributed by atoms with Gasteiger partial charge in [-0.2, -0.15) is 13.2 Å². The Kier molecular flexibility index (Phi) is 7.08. The van der Waals surface area contributed by atoms with E-state index in [9.17, 15) is 22.8 Å². The van der Waals surface area contributed by atoms with Gasteiger partial charge in [-0.3, -0.25) is 19.8 Å². The lowest BCUT2D eigenvalue weighted by molar-refractivity contribution is -0.137. The van der Waals surface area contributed by atoms with E-state index < -0.39 is 23.6 Å². The molecule has 0 aliphatic carbocycles. The molecule has 2 amide bonds. The van der Waals surface area contributed by atoms with Gasteiger partial charge < -0.3 is 9.47 Å². The topological polar surface area (TPSA) is 67.9 Å². The van der Waals surface area contributed by atoms with Crippen LogP contribution in [-0.4, -0.2) is 30.6 Å². The lowest BCUT2D eigenvalue weighted by Gasteiger charge is -2.29. The molecule has 6 nitrogen and oxygen atoms in total. The minimum absolute atomic E-state index is 0.112. The van der Waals surface area contributed by atoms with Gasteiger partial charge in [0.25, 0.3) is 11.8 Å². The van der Waals surface area contributed by atoms with Gasteiger partial charge in [0.05, 0.1) is 28.5 Å². The van der Waals surface area contributed by atoms with Crippen LogP contribution in [0.3, 0.4) is 0 Å². The number of carbonyl (C=O) groups is 2. The Morgan fingerprint density at radius 3 is 2.56 bits per heavy atom. The van der Waals surface area contributed by atoms with Crippen molar-refractivity contribution in [1.82, 2.24) is 5.32 Å². The van der Waals surface area contributed by atoms with E-state index in [1.807, 2.05) is 29.5 Å². The minimum atomic E-state index is -4.60. The number of nitrogens with zero attached hydrogens (tertiary/aromatic N) is 1. The van der Waals surface area contributed by atoms with Crippen LogP contribution >= 0.6 is 34.8 Å². The molecule has 3 rings (SSSR count). The lowest BCUT2D eigenvalue weighted by atomic mass is 10.1. The molecule has 1 saturated heterocycles. The molecule has 1 heterocycles. The highest BCUT2D eigenvalue weighted by molar-refractivity contribution is 14.1. The third-order valence-electron chi connectivity index (χ3n) is 4.38. The van der Waals surface area contributed by atoms with Crippen molar-refractivity contribution < 1.29 is 32.2 Å². The number of benzene rings is 2. The average Bonchev–Trinajstić information content (AvgIpc) is 2.72. The second kappa shape index (κ2) is 9.45. The van der Waals surface area contributed by atoms with Crippen LogP contribution in [0.25, 0.3) is 6.08 Å². The summed E-state index contributed by atoms with van der Waals surface area (Å²) in [5, 5.41) is 2.04. The normalized spacial score (nSPS) is 15.8. The molecular weight excluding hydrogens is 560 g/mol. The fourth-order valence-electron chi connectivity index (χ4n) is 2.99. The molecule has 1 fully saturated rings. The van der Waals surface area contributed by atoms with Crippen LogP contribution in [0.4, 0.5) is 18.9 Å². The molecule has 0 aromatic heterocycles. The van der Waals surface area contributed by atoms with Gasteiger partial charge in [-0.15, -0.1) is 0 Å². The molecule has 168 valence electrons. The molecule has 32 heavy (non-hydrogen) atoms. The van der Waals surface area contributed by atoms with E-state index >= 15 is 0 Å². The number of anilines is 1. The van der Waals surface area contributed by atoms with Crippen LogP contribution in [0.1, 0.15) is 18.1 Å². The second-order valence-electron chi connectivity index (χ2n) is 6.47. The second-order valence-corrected chi connectivity index (χ2v) is 8.02. The van der Waals surface area contributed by atoms with Crippen LogP contribution in [0.2, 0.25) is 0 Å². The highest BCUT2D eigenvalue weighted by Gasteiger charge is 2.36. The fourth-order valence-corrected chi connectivity index (χ4v) is 4.05. The number of amides is 2.